The van der Waals surface area contributed by atoms with E-state index < -0.39 is 0 Å². The Bertz CT molecular complexity index is 426. The summed E-state index contributed by atoms with van der Waals surface area (Å²) in [6, 6.07) is -0.0227. The molecule has 0 aromatic heterocycles. The Kier molecular flexibility index (Phi) is 7.32. The summed E-state index contributed by atoms with van der Waals surface area (Å²) in [6.45, 7) is 12.4. The second kappa shape index (κ2) is 8.74. The van der Waals surface area contributed by atoms with Gasteiger partial charge in [-0.3, -0.25) is 14.7 Å². The fraction of sp³-hybridized carbons (Fsp3) is 0.812. The molecule has 3 amide bonds. The fourth-order valence-corrected chi connectivity index (χ4v) is 2.22. The Balaban J connectivity index is 2.46. The van der Waals surface area contributed by atoms with Crippen molar-refractivity contribution in [2.24, 2.45) is 10.4 Å². The van der Waals surface area contributed by atoms with E-state index in [0.717, 1.165) is 25.3 Å². The lowest BCUT2D eigenvalue weighted by Crippen LogP contribution is -2.43. The van der Waals surface area contributed by atoms with Gasteiger partial charge in [-0.05, 0) is 32.1 Å². The summed E-state index contributed by atoms with van der Waals surface area (Å²) in [5.41, 5.74) is 0.314. The Morgan fingerprint density at radius 2 is 2.09 bits per heavy atom. The van der Waals surface area contributed by atoms with E-state index in [4.69, 9.17) is 0 Å². The summed E-state index contributed by atoms with van der Waals surface area (Å²) in [4.78, 5) is 28.6. The Morgan fingerprint density at radius 1 is 1.39 bits per heavy atom. The van der Waals surface area contributed by atoms with Crippen LogP contribution in [0.1, 0.15) is 47.5 Å². The van der Waals surface area contributed by atoms with Crippen LogP contribution >= 0.6 is 0 Å². The summed E-state index contributed by atoms with van der Waals surface area (Å²) in [6.07, 6.45) is 2.18. The molecule has 1 saturated heterocycles. The van der Waals surface area contributed by atoms with Gasteiger partial charge in [-0.25, -0.2) is 4.79 Å². The first-order valence-corrected chi connectivity index (χ1v) is 8.36. The molecule has 1 unspecified atom stereocenters. The number of rotatable bonds is 7. The lowest BCUT2D eigenvalue weighted by atomic mass is 9.89. The zero-order chi connectivity index (χ0) is 17.5. The average Bonchev–Trinajstić information content (AvgIpc) is 2.76. The van der Waals surface area contributed by atoms with Crippen LogP contribution in [-0.2, 0) is 4.79 Å². The molecule has 1 rings (SSSR count). The second-order valence-electron chi connectivity index (χ2n) is 7.11. The molecule has 0 aromatic rings. The Labute approximate surface area is 139 Å². The molecule has 7 nitrogen and oxygen atoms in total. The van der Waals surface area contributed by atoms with Gasteiger partial charge >= 0.3 is 6.03 Å². The van der Waals surface area contributed by atoms with Gasteiger partial charge in [0.05, 0.1) is 19.6 Å². The Morgan fingerprint density at radius 3 is 2.61 bits per heavy atom. The first-order valence-electron chi connectivity index (χ1n) is 8.36. The van der Waals surface area contributed by atoms with Crippen molar-refractivity contribution in [2.45, 2.75) is 53.5 Å². The van der Waals surface area contributed by atoms with Crippen LogP contribution in [0, 0.1) is 5.41 Å². The highest BCUT2D eigenvalue weighted by atomic mass is 16.2. The van der Waals surface area contributed by atoms with Crippen LogP contribution in [0.4, 0.5) is 4.79 Å². The SMILES string of the molecule is CCNC(=NCCN1C(=O)CNC1=O)NC(C)CCC(C)(C)C. The van der Waals surface area contributed by atoms with Crippen LogP contribution in [0.15, 0.2) is 4.99 Å². The van der Waals surface area contributed by atoms with Crippen molar-refractivity contribution >= 4 is 17.9 Å². The smallest absolute Gasteiger partial charge is 0.324 e. The summed E-state index contributed by atoms with van der Waals surface area (Å²) in [7, 11) is 0. The largest absolute Gasteiger partial charge is 0.357 e. The number of nitrogens with zero attached hydrogens (tertiary/aromatic N) is 2. The summed E-state index contributed by atoms with van der Waals surface area (Å²) >= 11 is 0. The number of imide groups is 1. The number of hydrogen-bond donors (Lipinski definition) is 3. The zero-order valence-electron chi connectivity index (χ0n) is 15.0. The molecule has 0 aromatic carbocycles. The number of amides is 3. The van der Waals surface area contributed by atoms with Gasteiger partial charge in [0.1, 0.15) is 0 Å². The van der Waals surface area contributed by atoms with Crippen LogP contribution in [0.25, 0.3) is 0 Å². The highest BCUT2D eigenvalue weighted by Crippen LogP contribution is 2.21. The van der Waals surface area contributed by atoms with E-state index in [1.807, 2.05) is 6.92 Å². The van der Waals surface area contributed by atoms with Gasteiger partial charge in [-0.1, -0.05) is 20.8 Å². The van der Waals surface area contributed by atoms with E-state index in [1.54, 1.807) is 0 Å². The van der Waals surface area contributed by atoms with E-state index in [2.05, 4.69) is 48.6 Å². The first kappa shape index (κ1) is 19.3. The molecule has 0 spiro atoms. The normalized spacial score (nSPS) is 17.3. The van der Waals surface area contributed by atoms with Crippen molar-refractivity contribution < 1.29 is 9.59 Å². The van der Waals surface area contributed by atoms with Crippen molar-refractivity contribution in [2.75, 3.05) is 26.2 Å². The third kappa shape index (κ3) is 7.34. The molecule has 0 radical (unpaired) electrons. The number of carbonyl (C=O) groups excluding carboxylic acids is 2. The standard InChI is InChI=1S/C16H31N5O2/c1-6-17-14(20-12(2)7-8-16(3,4)5)18-9-10-21-13(22)11-19-15(21)23/h12H,6-11H2,1-5H3,(H,19,23)(H2,17,18,20). The molecule has 1 aliphatic rings. The molecular weight excluding hydrogens is 294 g/mol. The monoisotopic (exact) mass is 325 g/mol. The van der Waals surface area contributed by atoms with Gasteiger partial charge < -0.3 is 16.0 Å². The van der Waals surface area contributed by atoms with Crippen molar-refractivity contribution in [3.63, 3.8) is 0 Å². The van der Waals surface area contributed by atoms with Crippen LogP contribution in [0.3, 0.4) is 0 Å². The van der Waals surface area contributed by atoms with E-state index in [9.17, 15) is 9.59 Å². The predicted octanol–water partition coefficient (Wildman–Crippen LogP) is 1.31. The third-order valence-corrected chi connectivity index (χ3v) is 3.59. The predicted molar refractivity (Wildman–Crippen MR) is 92.4 cm³/mol. The lowest BCUT2D eigenvalue weighted by Gasteiger charge is -2.23. The van der Waals surface area contributed by atoms with Gasteiger partial charge in [-0.15, -0.1) is 0 Å². The van der Waals surface area contributed by atoms with Gasteiger partial charge in [-0.2, -0.15) is 0 Å². The lowest BCUT2D eigenvalue weighted by molar-refractivity contribution is -0.124. The van der Waals surface area contributed by atoms with Crippen molar-refractivity contribution in [1.82, 2.24) is 20.9 Å². The van der Waals surface area contributed by atoms with Gasteiger partial charge in [0, 0.05) is 12.6 Å². The minimum Gasteiger partial charge on any atom is -0.357 e. The molecule has 1 atom stereocenters. The van der Waals surface area contributed by atoms with Crippen LogP contribution in [-0.4, -0.2) is 55.0 Å². The van der Waals surface area contributed by atoms with Crippen molar-refractivity contribution in [1.29, 1.82) is 0 Å². The van der Waals surface area contributed by atoms with Gasteiger partial charge in [0.15, 0.2) is 5.96 Å². The number of guanidine groups is 1. The maximum absolute atomic E-state index is 11.5. The average molecular weight is 325 g/mol. The molecule has 3 N–H and O–H groups in total. The quantitative estimate of drug-likeness (QED) is 0.374. The van der Waals surface area contributed by atoms with Gasteiger partial charge in [0.25, 0.3) is 0 Å². The maximum Gasteiger partial charge on any atom is 0.324 e. The molecule has 1 fully saturated rings. The van der Waals surface area contributed by atoms with Crippen LogP contribution < -0.4 is 16.0 Å². The minimum atomic E-state index is -0.332. The highest BCUT2D eigenvalue weighted by molar-refractivity contribution is 6.01. The van der Waals surface area contributed by atoms with E-state index in [-0.39, 0.29) is 18.5 Å². The maximum atomic E-state index is 11.5. The van der Waals surface area contributed by atoms with Crippen LogP contribution in [0.5, 0.6) is 0 Å². The highest BCUT2D eigenvalue weighted by Gasteiger charge is 2.27. The van der Waals surface area contributed by atoms with Gasteiger partial charge in [0.2, 0.25) is 5.91 Å². The van der Waals surface area contributed by atoms with Crippen molar-refractivity contribution in [3.8, 4) is 0 Å². The van der Waals surface area contributed by atoms with E-state index in [1.165, 1.54) is 4.90 Å². The molecule has 1 aliphatic heterocycles. The molecular formula is C16H31N5O2. The topological polar surface area (TPSA) is 85.8 Å². The molecule has 0 aliphatic carbocycles. The number of hydrogen-bond acceptors (Lipinski definition) is 3. The third-order valence-electron chi connectivity index (χ3n) is 3.59. The summed E-state index contributed by atoms with van der Waals surface area (Å²) < 4.78 is 0. The zero-order valence-corrected chi connectivity index (χ0v) is 15.0. The Hall–Kier alpha value is -1.79. The van der Waals surface area contributed by atoms with Crippen molar-refractivity contribution in [3.05, 3.63) is 0 Å². The van der Waals surface area contributed by atoms with E-state index >= 15 is 0 Å². The molecule has 132 valence electrons. The summed E-state index contributed by atoms with van der Waals surface area (Å²) in [5.74, 6) is 0.530. The van der Waals surface area contributed by atoms with E-state index in [0.29, 0.717) is 24.5 Å². The second-order valence-corrected chi connectivity index (χ2v) is 7.11. The molecule has 0 bridgehead atoms. The fourth-order valence-electron chi connectivity index (χ4n) is 2.22. The number of nitrogens with one attached hydrogen (secondary N) is 3. The summed E-state index contributed by atoms with van der Waals surface area (Å²) in [5, 5.41) is 9.07. The number of carbonyl (C=O) groups is 2. The number of aliphatic imine (C=N–C) groups is 1. The molecule has 23 heavy (non-hydrogen) atoms. The first-order chi connectivity index (χ1) is 10.7. The minimum absolute atomic E-state index is 0.0880. The molecule has 7 heteroatoms. The molecule has 1 heterocycles. The number of urea groups is 1. The molecule has 0 saturated carbocycles. The van der Waals surface area contributed by atoms with Crippen LogP contribution in [0.2, 0.25) is 0 Å².